The van der Waals surface area contributed by atoms with Gasteiger partial charge in [-0.1, -0.05) is 18.7 Å². The van der Waals surface area contributed by atoms with Crippen LogP contribution < -0.4 is 5.32 Å². The van der Waals surface area contributed by atoms with Gasteiger partial charge in [0, 0.05) is 34.1 Å². The number of thioether (sulfide) groups is 1. The minimum atomic E-state index is -0.659. The molecular weight excluding hydrogens is 228 g/mol. The molecule has 0 bridgehead atoms. The summed E-state index contributed by atoms with van der Waals surface area (Å²) in [5.41, 5.74) is 0. The molecule has 0 radical (unpaired) electrons. The molecule has 0 aromatic rings. The first-order valence-electron chi connectivity index (χ1n) is 5.59. The van der Waals surface area contributed by atoms with Gasteiger partial charge in [-0.3, -0.25) is 9.20 Å². The van der Waals surface area contributed by atoms with Gasteiger partial charge in [0.25, 0.3) is 0 Å². The van der Waals surface area contributed by atoms with Crippen molar-refractivity contribution < 1.29 is 4.21 Å². The fourth-order valence-electron chi connectivity index (χ4n) is 1.62. The third-order valence-corrected chi connectivity index (χ3v) is 5.39. The standard InChI is InChI=1S/C10H18N2OS2/c1-2-15(13)6-5-11-10-12-7-9(14-10)8-3-4-8/h8-9H,2-7H2,1H3,(H,11,12). The largest absolute Gasteiger partial charge is 0.364 e. The summed E-state index contributed by atoms with van der Waals surface area (Å²) in [6.45, 7) is 3.74. The van der Waals surface area contributed by atoms with Crippen molar-refractivity contribution in [2.24, 2.45) is 10.9 Å². The van der Waals surface area contributed by atoms with E-state index in [4.69, 9.17) is 0 Å². The molecule has 1 saturated carbocycles. The fraction of sp³-hybridized carbons (Fsp3) is 0.900. The summed E-state index contributed by atoms with van der Waals surface area (Å²) in [4.78, 5) is 4.47. The van der Waals surface area contributed by atoms with Gasteiger partial charge >= 0.3 is 0 Å². The molecule has 1 aliphatic heterocycles. The molecular formula is C10H18N2OS2. The highest BCUT2D eigenvalue weighted by Crippen LogP contribution is 2.41. The van der Waals surface area contributed by atoms with Crippen LogP contribution >= 0.6 is 11.8 Å². The van der Waals surface area contributed by atoms with Gasteiger partial charge in [0.15, 0.2) is 5.17 Å². The van der Waals surface area contributed by atoms with E-state index in [9.17, 15) is 4.21 Å². The molecule has 1 aliphatic carbocycles. The van der Waals surface area contributed by atoms with E-state index in [0.717, 1.165) is 40.9 Å². The number of nitrogens with one attached hydrogen (secondary N) is 1. The summed E-state index contributed by atoms with van der Waals surface area (Å²) in [7, 11) is -0.659. The second-order valence-corrected chi connectivity index (χ2v) is 7.09. The lowest BCUT2D eigenvalue weighted by atomic mass is 10.3. The molecule has 5 heteroatoms. The van der Waals surface area contributed by atoms with E-state index in [2.05, 4.69) is 10.3 Å². The highest BCUT2D eigenvalue weighted by molar-refractivity contribution is 8.14. The minimum absolute atomic E-state index is 0.659. The molecule has 3 nitrogen and oxygen atoms in total. The van der Waals surface area contributed by atoms with Crippen molar-refractivity contribution in [3.63, 3.8) is 0 Å². The van der Waals surface area contributed by atoms with Gasteiger partial charge in [-0.15, -0.1) is 0 Å². The Morgan fingerprint density at radius 2 is 2.40 bits per heavy atom. The number of aliphatic imine (C=N–C) groups is 1. The summed E-state index contributed by atoms with van der Waals surface area (Å²) >= 11 is 1.88. The van der Waals surface area contributed by atoms with E-state index in [1.165, 1.54) is 12.8 Å². The highest BCUT2D eigenvalue weighted by Gasteiger charge is 2.35. The first-order valence-corrected chi connectivity index (χ1v) is 7.96. The fourth-order valence-corrected chi connectivity index (χ4v) is 3.47. The van der Waals surface area contributed by atoms with E-state index in [1.807, 2.05) is 18.7 Å². The monoisotopic (exact) mass is 246 g/mol. The number of hydrogen-bond donors (Lipinski definition) is 1. The van der Waals surface area contributed by atoms with Crippen molar-refractivity contribution in [2.75, 3.05) is 24.6 Å². The molecule has 1 heterocycles. The lowest BCUT2D eigenvalue weighted by Crippen LogP contribution is -2.25. The second-order valence-electron chi connectivity index (χ2n) is 4.00. The van der Waals surface area contributed by atoms with Gasteiger partial charge in [0.1, 0.15) is 0 Å². The Bertz CT molecular complexity index is 277. The number of nitrogens with zero attached hydrogens (tertiary/aromatic N) is 1. The molecule has 0 amide bonds. The van der Waals surface area contributed by atoms with Crippen LogP contribution in [0.5, 0.6) is 0 Å². The molecule has 1 N–H and O–H groups in total. The maximum Gasteiger partial charge on any atom is 0.156 e. The van der Waals surface area contributed by atoms with Crippen LogP contribution in [0, 0.1) is 5.92 Å². The van der Waals surface area contributed by atoms with Crippen LogP contribution in [0.4, 0.5) is 0 Å². The molecule has 2 atom stereocenters. The van der Waals surface area contributed by atoms with E-state index in [0.29, 0.717) is 0 Å². The Labute approximate surface area is 98.0 Å². The molecule has 15 heavy (non-hydrogen) atoms. The molecule has 2 rings (SSSR count). The lowest BCUT2D eigenvalue weighted by Gasteiger charge is -2.07. The normalized spacial score (nSPS) is 27.5. The van der Waals surface area contributed by atoms with Gasteiger partial charge in [-0.05, 0) is 18.8 Å². The van der Waals surface area contributed by atoms with Crippen molar-refractivity contribution in [1.29, 1.82) is 0 Å². The second kappa shape index (κ2) is 5.34. The first-order chi connectivity index (χ1) is 7.29. The van der Waals surface area contributed by atoms with E-state index in [1.54, 1.807) is 0 Å². The van der Waals surface area contributed by atoms with Crippen molar-refractivity contribution in [2.45, 2.75) is 25.0 Å². The Hall–Kier alpha value is -0.0300. The zero-order valence-corrected chi connectivity index (χ0v) is 10.7. The van der Waals surface area contributed by atoms with E-state index >= 15 is 0 Å². The Kier molecular flexibility index (Phi) is 4.08. The quantitative estimate of drug-likeness (QED) is 0.793. The average molecular weight is 246 g/mol. The van der Waals surface area contributed by atoms with Crippen molar-refractivity contribution in [3.05, 3.63) is 0 Å². The number of hydrogen-bond acceptors (Lipinski definition) is 4. The van der Waals surface area contributed by atoms with Crippen molar-refractivity contribution in [3.8, 4) is 0 Å². The molecule has 0 aromatic carbocycles. The van der Waals surface area contributed by atoms with Crippen LogP contribution in [0.2, 0.25) is 0 Å². The summed E-state index contributed by atoms with van der Waals surface area (Å²) in [5, 5.41) is 5.07. The SMILES string of the molecule is CCS(=O)CCNC1=NCC(C2CC2)S1. The van der Waals surface area contributed by atoms with Gasteiger partial charge in [-0.2, -0.15) is 0 Å². The Balaban J connectivity index is 1.61. The van der Waals surface area contributed by atoms with Crippen LogP contribution in [0.1, 0.15) is 19.8 Å². The Morgan fingerprint density at radius 3 is 3.07 bits per heavy atom. The predicted octanol–water partition coefficient (Wildman–Crippen LogP) is 1.23. The minimum Gasteiger partial charge on any atom is -0.364 e. The summed E-state index contributed by atoms with van der Waals surface area (Å²) in [6, 6.07) is 0. The van der Waals surface area contributed by atoms with E-state index in [-0.39, 0.29) is 0 Å². The van der Waals surface area contributed by atoms with Crippen LogP contribution in [0.15, 0.2) is 4.99 Å². The average Bonchev–Trinajstić information content (AvgIpc) is 2.99. The van der Waals surface area contributed by atoms with E-state index < -0.39 is 10.8 Å². The topological polar surface area (TPSA) is 41.5 Å². The van der Waals surface area contributed by atoms with Gasteiger partial charge in [0.05, 0.1) is 6.54 Å². The molecule has 0 aromatic heterocycles. The maximum atomic E-state index is 11.2. The lowest BCUT2D eigenvalue weighted by molar-refractivity contribution is 0.682. The van der Waals surface area contributed by atoms with Crippen LogP contribution in [-0.2, 0) is 10.8 Å². The predicted molar refractivity (Wildman–Crippen MR) is 68.0 cm³/mol. The van der Waals surface area contributed by atoms with Crippen LogP contribution in [0.25, 0.3) is 0 Å². The van der Waals surface area contributed by atoms with Gasteiger partial charge in [-0.25, -0.2) is 0 Å². The smallest absolute Gasteiger partial charge is 0.156 e. The summed E-state index contributed by atoms with van der Waals surface area (Å²) in [5.74, 6) is 2.42. The molecule has 86 valence electrons. The first kappa shape index (κ1) is 11.5. The molecule has 2 unspecified atom stereocenters. The summed E-state index contributed by atoms with van der Waals surface area (Å²) < 4.78 is 11.2. The molecule has 0 saturated heterocycles. The zero-order valence-electron chi connectivity index (χ0n) is 9.07. The highest BCUT2D eigenvalue weighted by atomic mass is 32.2. The summed E-state index contributed by atoms with van der Waals surface area (Å²) in [6.07, 6.45) is 2.78. The van der Waals surface area contributed by atoms with Crippen molar-refractivity contribution >= 4 is 27.7 Å². The van der Waals surface area contributed by atoms with Crippen LogP contribution in [-0.4, -0.2) is 39.2 Å². The van der Waals surface area contributed by atoms with Gasteiger partial charge in [0.2, 0.25) is 0 Å². The zero-order chi connectivity index (χ0) is 10.7. The van der Waals surface area contributed by atoms with Gasteiger partial charge < -0.3 is 5.32 Å². The molecule has 2 aliphatic rings. The Morgan fingerprint density at radius 1 is 1.60 bits per heavy atom. The number of amidine groups is 1. The number of rotatable bonds is 5. The van der Waals surface area contributed by atoms with Crippen LogP contribution in [0.3, 0.4) is 0 Å². The van der Waals surface area contributed by atoms with Crippen molar-refractivity contribution in [1.82, 2.24) is 5.32 Å². The third kappa shape index (κ3) is 3.48. The third-order valence-electron chi connectivity index (χ3n) is 2.75. The molecule has 0 spiro atoms. The molecule has 1 fully saturated rings. The maximum absolute atomic E-state index is 11.2.